The van der Waals surface area contributed by atoms with E-state index in [1.54, 1.807) is 6.92 Å². The fourth-order valence-corrected chi connectivity index (χ4v) is 1.05. The van der Waals surface area contributed by atoms with Crippen LogP contribution in [0.3, 0.4) is 0 Å². The Bertz CT molecular complexity index is 281. The highest BCUT2D eigenvalue weighted by Gasteiger charge is 1.98. The molecule has 0 aliphatic heterocycles. The first-order valence-electron chi connectivity index (χ1n) is 4.09. The minimum Gasteiger partial charge on any atom is -0.385 e. The van der Waals surface area contributed by atoms with Crippen molar-refractivity contribution in [2.24, 2.45) is 0 Å². The maximum atomic E-state index is 11.0. The Morgan fingerprint density at radius 2 is 2.25 bits per heavy atom. The topological polar surface area (TPSA) is 29.1 Å². The van der Waals surface area contributed by atoms with E-state index in [1.165, 1.54) is 0 Å². The number of ketones is 1. The first kappa shape index (κ1) is 8.78. The second-order valence-electron chi connectivity index (χ2n) is 2.67. The van der Waals surface area contributed by atoms with Crippen molar-refractivity contribution in [1.82, 2.24) is 0 Å². The predicted molar refractivity (Wildman–Crippen MR) is 50.6 cm³/mol. The molecular formula is C10H13NO. The number of rotatable bonds is 3. The molecule has 0 radical (unpaired) electrons. The zero-order chi connectivity index (χ0) is 8.97. The van der Waals surface area contributed by atoms with Crippen LogP contribution in [0.25, 0.3) is 0 Å². The van der Waals surface area contributed by atoms with E-state index < -0.39 is 0 Å². The summed E-state index contributed by atoms with van der Waals surface area (Å²) in [5.41, 5.74) is 1.76. The molecule has 0 atom stereocenters. The van der Waals surface area contributed by atoms with Crippen LogP contribution in [-0.4, -0.2) is 12.3 Å². The molecule has 0 fully saturated rings. The van der Waals surface area contributed by atoms with Gasteiger partial charge in [0, 0.05) is 17.8 Å². The van der Waals surface area contributed by atoms with Crippen molar-refractivity contribution in [1.29, 1.82) is 0 Å². The summed E-state index contributed by atoms with van der Waals surface area (Å²) in [7, 11) is 0. The molecule has 0 bridgehead atoms. The Kier molecular flexibility index (Phi) is 2.86. The lowest BCUT2D eigenvalue weighted by Gasteiger charge is -2.03. The van der Waals surface area contributed by atoms with Gasteiger partial charge in [-0.1, -0.05) is 12.1 Å². The monoisotopic (exact) mass is 163 g/mol. The van der Waals surface area contributed by atoms with Crippen molar-refractivity contribution in [3.63, 3.8) is 0 Å². The molecule has 1 N–H and O–H groups in total. The van der Waals surface area contributed by atoms with Gasteiger partial charge in [0.25, 0.3) is 0 Å². The Morgan fingerprint density at radius 3 is 2.83 bits per heavy atom. The summed E-state index contributed by atoms with van der Waals surface area (Å²) in [6.07, 6.45) is 0. The average molecular weight is 163 g/mol. The lowest BCUT2D eigenvalue weighted by Crippen LogP contribution is -1.98. The maximum Gasteiger partial charge on any atom is 0.159 e. The molecule has 1 aromatic rings. The molecule has 0 spiro atoms. The minimum absolute atomic E-state index is 0.106. The molecule has 1 aromatic carbocycles. The second-order valence-corrected chi connectivity index (χ2v) is 2.67. The Morgan fingerprint density at radius 1 is 1.50 bits per heavy atom. The zero-order valence-electron chi connectivity index (χ0n) is 7.42. The lowest BCUT2D eigenvalue weighted by atomic mass is 10.1. The third kappa shape index (κ3) is 2.09. The van der Waals surface area contributed by atoms with Crippen LogP contribution in [0, 0.1) is 0 Å². The Balaban J connectivity index is 2.88. The predicted octanol–water partition coefficient (Wildman–Crippen LogP) is 2.32. The third-order valence-corrected chi connectivity index (χ3v) is 1.65. The summed E-state index contributed by atoms with van der Waals surface area (Å²) in [4.78, 5) is 11.0. The highest BCUT2D eigenvalue weighted by Crippen LogP contribution is 2.10. The smallest absolute Gasteiger partial charge is 0.159 e. The van der Waals surface area contributed by atoms with Gasteiger partial charge in [0.05, 0.1) is 0 Å². The van der Waals surface area contributed by atoms with Crippen LogP contribution >= 0.6 is 0 Å². The van der Waals surface area contributed by atoms with E-state index in [0.29, 0.717) is 0 Å². The molecule has 0 aliphatic rings. The Hall–Kier alpha value is -1.31. The largest absolute Gasteiger partial charge is 0.385 e. The minimum atomic E-state index is 0.106. The molecule has 0 amide bonds. The fourth-order valence-electron chi connectivity index (χ4n) is 1.05. The molecule has 0 aromatic heterocycles. The van der Waals surface area contributed by atoms with Crippen molar-refractivity contribution in [2.45, 2.75) is 13.8 Å². The molecular weight excluding hydrogens is 150 g/mol. The van der Waals surface area contributed by atoms with Crippen molar-refractivity contribution in [3.05, 3.63) is 29.8 Å². The molecule has 64 valence electrons. The van der Waals surface area contributed by atoms with Gasteiger partial charge in [-0.15, -0.1) is 0 Å². The van der Waals surface area contributed by atoms with Crippen LogP contribution in [0.2, 0.25) is 0 Å². The summed E-state index contributed by atoms with van der Waals surface area (Å²) >= 11 is 0. The summed E-state index contributed by atoms with van der Waals surface area (Å²) in [5, 5.41) is 3.15. The maximum absolute atomic E-state index is 11.0. The highest BCUT2D eigenvalue weighted by atomic mass is 16.1. The third-order valence-electron chi connectivity index (χ3n) is 1.65. The van der Waals surface area contributed by atoms with Crippen LogP contribution < -0.4 is 5.32 Å². The van der Waals surface area contributed by atoms with Gasteiger partial charge < -0.3 is 5.32 Å². The zero-order valence-corrected chi connectivity index (χ0v) is 7.42. The second kappa shape index (κ2) is 3.90. The van der Waals surface area contributed by atoms with E-state index in [2.05, 4.69) is 5.32 Å². The number of hydrogen-bond acceptors (Lipinski definition) is 2. The van der Waals surface area contributed by atoms with E-state index in [0.717, 1.165) is 17.8 Å². The number of Topliss-reactive ketones (excluding diaryl/α,β-unsaturated/α-hetero) is 1. The summed E-state index contributed by atoms with van der Waals surface area (Å²) in [6, 6.07) is 7.53. The molecule has 2 heteroatoms. The lowest BCUT2D eigenvalue weighted by molar-refractivity contribution is 0.101. The van der Waals surface area contributed by atoms with E-state index in [4.69, 9.17) is 0 Å². The van der Waals surface area contributed by atoms with E-state index in [-0.39, 0.29) is 5.78 Å². The van der Waals surface area contributed by atoms with Gasteiger partial charge in [0.2, 0.25) is 0 Å². The number of hydrogen-bond donors (Lipinski definition) is 1. The molecule has 2 nitrogen and oxygen atoms in total. The van der Waals surface area contributed by atoms with Crippen molar-refractivity contribution in [3.8, 4) is 0 Å². The van der Waals surface area contributed by atoms with Crippen molar-refractivity contribution in [2.75, 3.05) is 11.9 Å². The van der Waals surface area contributed by atoms with Crippen molar-refractivity contribution < 1.29 is 4.79 Å². The number of carbonyl (C=O) groups is 1. The summed E-state index contributed by atoms with van der Waals surface area (Å²) in [6.45, 7) is 4.48. The summed E-state index contributed by atoms with van der Waals surface area (Å²) in [5.74, 6) is 0.106. The highest BCUT2D eigenvalue weighted by molar-refractivity contribution is 5.94. The van der Waals surface area contributed by atoms with E-state index in [1.807, 2.05) is 31.2 Å². The molecule has 0 aliphatic carbocycles. The van der Waals surface area contributed by atoms with Crippen LogP contribution in [0.4, 0.5) is 5.69 Å². The SMILES string of the molecule is CCNc1cccc(C(C)=O)c1. The Labute approximate surface area is 72.6 Å². The molecule has 0 unspecified atom stereocenters. The molecule has 12 heavy (non-hydrogen) atoms. The number of nitrogens with one attached hydrogen (secondary N) is 1. The van der Waals surface area contributed by atoms with Gasteiger partial charge in [-0.2, -0.15) is 0 Å². The quantitative estimate of drug-likeness (QED) is 0.693. The average Bonchev–Trinajstić information content (AvgIpc) is 2.05. The van der Waals surface area contributed by atoms with Crippen LogP contribution in [0.15, 0.2) is 24.3 Å². The normalized spacial score (nSPS) is 9.50. The first-order chi connectivity index (χ1) is 5.74. The molecule has 0 saturated heterocycles. The van der Waals surface area contributed by atoms with Crippen LogP contribution in [0.5, 0.6) is 0 Å². The fraction of sp³-hybridized carbons (Fsp3) is 0.300. The van der Waals surface area contributed by atoms with E-state index in [9.17, 15) is 4.79 Å². The van der Waals surface area contributed by atoms with Gasteiger partial charge in [0.15, 0.2) is 5.78 Å². The standard InChI is InChI=1S/C10H13NO/c1-3-11-10-6-4-5-9(7-10)8(2)12/h4-7,11H,3H2,1-2H3. The number of anilines is 1. The van der Waals surface area contributed by atoms with Crippen molar-refractivity contribution >= 4 is 11.5 Å². The summed E-state index contributed by atoms with van der Waals surface area (Å²) < 4.78 is 0. The number of carbonyl (C=O) groups excluding carboxylic acids is 1. The molecule has 0 saturated carbocycles. The van der Waals surface area contributed by atoms with Gasteiger partial charge in [-0.25, -0.2) is 0 Å². The van der Waals surface area contributed by atoms with Gasteiger partial charge >= 0.3 is 0 Å². The van der Waals surface area contributed by atoms with Gasteiger partial charge in [-0.3, -0.25) is 4.79 Å². The van der Waals surface area contributed by atoms with Crippen LogP contribution in [0.1, 0.15) is 24.2 Å². The van der Waals surface area contributed by atoms with E-state index >= 15 is 0 Å². The molecule has 1 rings (SSSR count). The number of benzene rings is 1. The van der Waals surface area contributed by atoms with Gasteiger partial charge in [-0.05, 0) is 26.0 Å². The molecule has 0 heterocycles. The first-order valence-corrected chi connectivity index (χ1v) is 4.09. The van der Waals surface area contributed by atoms with Crippen LogP contribution in [-0.2, 0) is 0 Å². The van der Waals surface area contributed by atoms with Gasteiger partial charge in [0.1, 0.15) is 0 Å².